The Morgan fingerprint density at radius 1 is 0.842 bits per heavy atom. The van der Waals surface area contributed by atoms with E-state index in [9.17, 15) is 4.79 Å². The summed E-state index contributed by atoms with van der Waals surface area (Å²) in [5.41, 5.74) is 0. The van der Waals surface area contributed by atoms with Crippen LogP contribution in [0.5, 0.6) is 0 Å². The number of ether oxygens (including phenoxy) is 5. The molecule has 0 aliphatic heterocycles. The van der Waals surface area contributed by atoms with Gasteiger partial charge < -0.3 is 23.7 Å². The summed E-state index contributed by atoms with van der Waals surface area (Å²) in [4.78, 5) is 10.4. The van der Waals surface area contributed by atoms with Crippen molar-refractivity contribution in [1.29, 1.82) is 0 Å². The van der Waals surface area contributed by atoms with Gasteiger partial charge in [-0.2, -0.15) is 0 Å². The second-order valence-electron chi connectivity index (χ2n) is 3.54. The van der Waals surface area contributed by atoms with E-state index in [1.165, 1.54) is 6.92 Å². The van der Waals surface area contributed by atoms with Gasteiger partial charge in [0.15, 0.2) is 0 Å². The summed E-state index contributed by atoms with van der Waals surface area (Å²) in [5.74, 6) is -0.297. The van der Waals surface area contributed by atoms with Gasteiger partial charge in [0.1, 0.15) is 6.61 Å². The highest BCUT2D eigenvalue weighted by Crippen LogP contribution is 1.84. The summed E-state index contributed by atoms with van der Waals surface area (Å²) in [5, 5.41) is 0. The van der Waals surface area contributed by atoms with Crippen molar-refractivity contribution in [3.05, 3.63) is 12.7 Å². The first-order chi connectivity index (χ1) is 9.27. The minimum atomic E-state index is -0.297. The molecule has 0 heterocycles. The quantitative estimate of drug-likeness (QED) is 0.266. The van der Waals surface area contributed by atoms with Crippen LogP contribution in [-0.4, -0.2) is 65.4 Å². The molecule has 0 N–H and O–H groups in total. The average molecular weight is 276 g/mol. The minimum absolute atomic E-state index is 0.281. The Morgan fingerprint density at radius 3 is 1.68 bits per heavy atom. The predicted octanol–water partition coefficient (Wildman–Crippen LogP) is 0.802. The van der Waals surface area contributed by atoms with Gasteiger partial charge >= 0.3 is 5.97 Å². The molecule has 0 bridgehead atoms. The maximum atomic E-state index is 10.4. The summed E-state index contributed by atoms with van der Waals surface area (Å²) in [6.45, 7) is 9.26. The molecule has 112 valence electrons. The SMILES string of the molecule is C=CCOCCOCCOCCOCCOC(C)=O. The average Bonchev–Trinajstić information content (AvgIpc) is 2.39. The zero-order chi connectivity index (χ0) is 14.2. The van der Waals surface area contributed by atoms with E-state index in [-0.39, 0.29) is 12.6 Å². The third-order valence-electron chi connectivity index (χ3n) is 1.88. The monoisotopic (exact) mass is 276 g/mol. The summed E-state index contributed by atoms with van der Waals surface area (Å²) in [7, 11) is 0. The lowest BCUT2D eigenvalue weighted by Gasteiger charge is -2.07. The first-order valence-electron chi connectivity index (χ1n) is 6.32. The Labute approximate surface area is 114 Å². The van der Waals surface area contributed by atoms with E-state index >= 15 is 0 Å². The van der Waals surface area contributed by atoms with Crippen LogP contribution in [0, 0.1) is 0 Å². The van der Waals surface area contributed by atoms with E-state index < -0.39 is 0 Å². The molecule has 0 saturated carbocycles. The minimum Gasteiger partial charge on any atom is -0.463 e. The molecular weight excluding hydrogens is 252 g/mol. The van der Waals surface area contributed by atoms with Crippen LogP contribution >= 0.6 is 0 Å². The van der Waals surface area contributed by atoms with Gasteiger partial charge in [0, 0.05) is 6.92 Å². The molecule has 0 fully saturated rings. The van der Waals surface area contributed by atoms with Crippen LogP contribution in [0.25, 0.3) is 0 Å². The number of hydrogen-bond donors (Lipinski definition) is 0. The summed E-state index contributed by atoms with van der Waals surface area (Å²) < 4.78 is 25.6. The molecule has 0 aliphatic carbocycles. The van der Waals surface area contributed by atoms with Crippen molar-refractivity contribution in [2.75, 3.05) is 59.5 Å². The van der Waals surface area contributed by atoms with Crippen LogP contribution in [0.4, 0.5) is 0 Å². The zero-order valence-corrected chi connectivity index (χ0v) is 11.6. The highest BCUT2D eigenvalue weighted by molar-refractivity contribution is 5.65. The van der Waals surface area contributed by atoms with Gasteiger partial charge in [-0.15, -0.1) is 6.58 Å². The number of rotatable bonds is 14. The van der Waals surface area contributed by atoms with Crippen molar-refractivity contribution in [2.24, 2.45) is 0 Å². The third kappa shape index (κ3) is 17.1. The van der Waals surface area contributed by atoms with E-state index in [0.29, 0.717) is 52.9 Å². The molecule has 6 nitrogen and oxygen atoms in total. The second-order valence-corrected chi connectivity index (χ2v) is 3.54. The zero-order valence-electron chi connectivity index (χ0n) is 11.6. The maximum Gasteiger partial charge on any atom is 0.302 e. The standard InChI is InChI=1S/C13H24O6/c1-3-4-15-5-6-16-7-8-17-9-10-18-11-12-19-13(2)14/h3H,1,4-12H2,2H3. The number of esters is 1. The molecule has 0 aliphatic rings. The highest BCUT2D eigenvalue weighted by atomic mass is 16.6. The Balaban J connectivity index is 2.95. The Morgan fingerprint density at radius 2 is 1.26 bits per heavy atom. The van der Waals surface area contributed by atoms with Crippen molar-refractivity contribution in [3.8, 4) is 0 Å². The van der Waals surface area contributed by atoms with Crippen LogP contribution in [0.15, 0.2) is 12.7 Å². The van der Waals surface area contributed by atoms with Crippen molar-refractivity contribution in [1.82, 2.24) is 0 Å². The number of hydrogen-bond acceptors (Lipinski definition) is 6. The fourth-order valence-corrected chi connectivity index (χ4v) is 1.07. The molecule has 0 aromatic carbocycles. The summed E-state index contributed by atoms with van der Waals surface area (Å²) >= 11 is 0. The first-order valence-corrected chi connectivity index (χ1v) is 6.32. The van der Waals surface area contributed by atoms with Crippen molar-refractivity contribution in [3.63, 3.8) is 0 Å². The number of carbonyl (C=O) groups excluding carboxylic acids is 1. The fourth-order valence-electron chi connectivity index (χ4n) is 1.07. The molecule has 0 unspecified atom stereocenters. The number of carbonyl (C=O) groups is 1. The molecule has 0 rings (SSSR count). The van der Waals surface area contributed by atoms with Gasteiger partial charge in [0.25, 0.3) is 0 Å². The molecule has 0 radical (unpaired) electrons. The van der Waals surface area contributed by atoms with Gasteiger partial charge in [0.05, 0.1) is 52.9 Å². The van der Waals surface area contributed by atoms with Crippen LogP contribution in [-0.2, 0) is 28.5 Å². The topological polar surface area (TPSA) is 63.2 Å². The maximum absolute atomic E-state index is 10.4. The second kappa shape index (κ2) is 15.1. The Bertz CT molecular complexity index is 219. The molecule has 0 aromatic heterocycles. The lowest BCUT2D eigenvalue weighted by molar-refractivity contribution is -0.142. The Hall–Kier alpha value is -0.950. The van der Waals surface area contributed by atoms with E-state index in [1.807, 2.05) is 0 Å². The van der Waals surface area contributed by atoms with Crippen molar-refractivity contribution < 1.29 is 28.5 Å². The molecule has 0 aromatic rings. The Kier molecular flexibility index (Phi) is 14.4. The van der Waals surface area contributed by atoms with Gasteiger partial charge in [-0.1, -0.05) is 6.08 Å². The fraction of sp³-hybridized carbons (Fsp3) is 0.769. The van der Waals surface area contributed by atoms with Crippen LogP contribution < -0.4 is 0 Å². The normalized spacial score (nSPS) is 10.4. The van der Waals surface area contributed by atoms with E-state index in [1.54, 1.807) is 6.08 Å². The van der Waals surface area contributed by atoms with Crippen molar-refractivity contribution in [2.45, 2.75) is 6.92 Å². The molecule has 0 spiro atoms. The third-order valence-corrected chi connectivity index (χ3v) is 1.88. The van der Waals surface area contributed by atoms with Gasteiger partial charge in [-0.3, -0.25) is 4.79 Å². The molecule has 0 amide bonds. The largest absolute Gasteiger partial charge is 0.463 e. The van der Waals surface area contributed by atoms with Gasteiger partial charge in [-0.25, -0.2) is 0 Å². The lowest BCUT2D eigenvalue weighted by Crippen LogP contribution is -2.13. The van der Waals surface area contributed by atoms with E-state index in [2.05, 4.69) is 6.58 Å². The van der Waals surface area contributed by atoms with Crippen LogP contribution in [0.2, 0.25) is 0 Å². The van der Waals surface area contributed by atoms with Crippen molar-refractivity contribution >= 4 is 5.97 Å². The van der Waals surface area contributed by atoms with Crippen LogP contribution in [0.3, 0.4) is 0 Å². The summed E-state index contributed by atoms with van der Waals surface area (Å²) in [6.07, 6.45) is 1.70. The van der Waals surface area contributed by atoms with Gasteiger partial charge in [-0.05, 0) is 0 Å². The molecule has 6 heteroatoms. The van der Waals surface area contributed by atoms with Gasteiger partial charge in [0.2, 0.25) is 0 Å². The molecular formula is C13H24O6. The van der Waals surface area contributed by atoms with E-state index in [4.69, 9.17) is 23.7 Å². The molecule has 0 atom stereocenters. The van der Waals surface area contributed by atoms with Crippen LogP contribution in [0.1, 0.15) is 6.92 Å². The smallest absolute Gasteiger partial charge is 0.302 e. The highest BCUT2D eigenvalue weighted by Gasteiger charge is 1.94. The molecule has 0 saturated heterocycles. The first kappa shape index (κ1) is 18.0. The lowest BCUT2D eigenvalue weighted by atomic mass is 10.6. The molecule has 19 heavy (non-hydrogen) atoms. The summed E-state index contributed by atoms with van der Waals surface area (Å²) in [6, 6.07) is 0. The predicted molar refractivity (Wildman–Crippen MR) is 70.1 cm³/mol. The van der Waals surface area contributed by atoms with E-state index in [0.717, 1.165) is 0 Å².